The first-order valence-electron chi connectivity index (χ1n) is 9.54. The van der Waals surface area contributed by atoms with Crippen LogP contribution >= 0.6 is 0 Å². The predicted octanol–water partition coefficient (Wildman–Crippen LogP) is 0.0252. The first-order valence-corrected chi connectivity index (χ1v) is 9.54. The van der Waals surface area contributed by atoms with Crippen LogP contribution in [0, 0.1) is 0 Å². The standard InChI is InChI=1S/C18H30N2O7/c1-2-3-4-5-6-7-8-26-11-12-9-20(18(25)19-16(12)24)17-15(23)14(22)13(10-21)27-17/h9,13-15,17,21-23H,2-8,10-11H2,1H3,(H,19,24,25)/t13-,14-,15-,17-/m1/s1. The molecule has 27 heavy (non-hydrogen) atoms. The van der Waals surface area contributed by atoms with E-state index >= 15 is 0 Å². The molecule has 154 valence electrons. The highest BCUT2D eigenvalue weighted by Crippen LogP contribution is 2.28. The van der Waals surface area contributed by atoms with Gasteiger partial charge in [0.25, 0.3) is 5.56 Å². The Morgan fingerprint density at radius 1 is 1.15 bits per heavy atom. The van der Waals surface area contributed by atoms with Crippen LogP contribution in [0.5, 0.6) is 0 Å². The van der Waals surface area contributed by atoms with E-state index in [0.29, 0.717) is 6.61 Å². The fraction of sp³-hybridized carbons (Fsp3) is 0.778. The summed E-state index contributed by atoms with van der Waals surface area (Å²) in [5.74, 6) is 0. The predicted molar refractivity (Wildman–Crippen MR) is 97.4 cm³/mol. The summed E-state index contributed by atoms with van der Waals surface area (Å²) in [4.78, 5) is 26.2. The Balaban J connectivity index is 1.94. The zero-order valence-corrected chi connectivity index (χ0v) is 15.7. The maximum atomic E-state index is 12.1. The maximum absolute atomic E-state index is 12.1. The highest BCUT2D eigenvalue weighted by Gasteiger charge is 2.43. The third-order valence-electron chi connectivity index (χ3n) is 4.73. The number of rotatable bonds is 11. The molecule has 1 aromatic rings. The zero-order valence-electron chi connectivity index (χ0n) is 15.7. The van der Waals surface area contributed by atoms with Gasteiger partial charge >= 0.3 is 5.69 Å². The molecule has 0 bridgehead atoms. The number of ether oxygens (including phenoxy) is 2. The van der Waals surface area contributed by atoms with Gasteiger partial charge in [0.15, 0.2) is 6.23 Å². The van der Waals surface area contributed by atoms with Crippen molar-refractivity contribution < 1.29 is 24.8 Å². The Hall–Kier alpha value is -1.52. The molecule has 0 unspecified atom stereocenters. The van der Waals surface area contributed by atoms with Gasteiger partial charge in [-0.25, -0.2) is 4.79 Å². The number of aliphatic hydroxyl groups is 3. The Morgan fingerprint density at radius 3 is 2.52 bits per heavy atom. The van der Waals surface area contributed by atoms with Crippen molar-refractivity contribution in [3.63, 3.8) is 0 Å². The number of aromatic nitrogens is 2. The first kappa shape index (κ1) is 21.8. The molecule has 0 aliphatic carbocycles. The lowest BCUT2D eigenvalue weighted by Gasteiger charge is -2.18. The highest BCUT2D eigenvalue weighted by atomic mass is 16.6. The number of aliphatic hydroxyl groups excluding tert-OH is 3. The van der Waals surface area contributed by atoms with E-state index in [1.165, 1.54) is 25.5 Å². The van der Waals surface area contributed by atoms with Crippen molar-refractivity contribution in [2.75, 3.05) is 13.2 Å². The van der Waals surface area contributed by atoms with Crippen molar-refractivity contribution in [2.45, 2.75) is 76.6 Å². The summed E-state index contributed by atoms with van der Waals surface area (Å²) < 4.78 is 11.9. The Labute approximate surface area is 157 Å². The van der Waals surface area contributed by atoms with Crippen LogP contribution in [0.4, 0.5) is 0 Å². The molecule has 2 rings (SSSR count). The minimum Gasteiger partial charge on any atom is -0.394 e. The van der Waals surface area contributed by atoms with Crippen LogP contribution in [0.1, 0.15) is 57.2 Å². The van der Waals surface area contributed by atoms with Gasteiger partial charge in [0, 0.05) is 12.8 Å². The molecule has 4 atom stereocenters. The van der Waals surface area contributed by atoms with E-state index in [9.17, 15) is 19.8 Å². The second kappa shape index (κ2) is 10.7. The van der Waals surface area contributed by atoms with Crippen molar-refractivity contribution in [1.29, 1.82) is 0 Å². The van der Waals surface area contributed by atoms with Gasteiger partial charge < -0.3 is 24.8 Å². The van der Waals surface area contributed by atoms with Gasteiger partial charge in [0.2, 0.25) is 0 Å². The summed E-state index contributed by atoms with van der Waals surface area (Å²) in [5.41, 5.74) is -1.11. The van der Waals surface area contributed by atoms with E-state index in [1.54, 1.807) is 0 Å². The van der Waals surface area contributed by atoms with Crippen LogP contribution in [-0.2, 0) is 16.1 Å². The van der Waals surface area contributed by atoms with Crippen molar-refractivity contribution in [1.82, 2.24) is 9.55 Å². The molecule has 0 radical (unpaired) electrons. The van der Waals surface area contributed by atoms with Crippen LogP contribution in [0.2, 0.25) is 0 Å². The molecule has 1 aliphatic rings. The first-order chi connectivity index (χ1) is 13.0. The number of nitrogens with zero attached hydrogens (tertiary/aromatic N) is 1. The molecule has 9 heteroatoms. The fourth-order valence-corrected chi connectivity index (χ4v) is 3.10. The number of hydrogen-bond acceptors (Lipinski definition) is 7. The molecule has 0 amide bonds. The van der Waals surface area contributed by atoms with E-state index in [2.05, 4.69) is 11.9 Å². The summed E-state index contributed by atoms with van der Waals surface area (Å²) in [6, 6.07) is 0. The van der Waals surface area contributed by atoms with Crippen LogP contribution in [0.15, 0.2) is 15.8 Å². The summed E-state index contributed by atoms with van der Waals surface area (Å²) >= 11 is 0. The normalized spacial score (nSPS) is 25.2. The smallest absolute Gasteiger partial charge is 0.330 e. The highest BCUT2D eigenvalue weighted by molar-refractivity contribution is 5.05. The Bertz CT molecular complexity index is 687. The minimum atomic E-state index is -1.40. The number of nitrogens with one attached hydrogen (secondary N) is 1. The van der Waals surface area contributed by atoms with E-state index in [0.717, 1.165) is 23.8 Å². The summed E-state index contributed by atoms with van der Waals surface area (Å²) in [7, 11) is 0. The van der Waals surface area contributed by atoms with E-state index in [1.807, 2.05) is 0 Å². The van der Waals surface area contributed by atoms with E-state index in [-0.39, 0.29) is 12.2 Å². The quantitative estimate of drug-likeness (QED) is 0.394. The van der Waals surface area contributed by atoms with Gasteiger partial charge in [0.05, 0.1) is 18.8 Å². The molecule has 0 spiro atoms. The molecule has 1 aromatic heterocycles. The van der Waals surface area contributed by atoms with Gasteiger partial charge in [-0.15, -0.1) is 0 Å². The van der Waals surface area contributed by atoms with Crippen molar-refractivity contribution >= 4 is 0 Å². The summed E-state index contributed by atoms with van der Waals surface area (Å²) in [6.07, 6.45) is 3.11. The van der Waals surface area contributed by atoms with Crippen LogP contribution in [0.3, 0.4) is 0 Å². The van der Waals surface area contributed by atoms with E-state index < -0.39 is 42.4 Å². The number of unbranched alkanes of at least 4 members (excludes halogenated alkanes) is 5. The molecular formula is C18H30N2O7. The van der Waals surface area contributed by atoms with Gasteiger partial charge in [-0.05, 0) is 6.42 Å². The van der Waals surface area contributed by atoms with Crippen LogP contribution in [-0.4, -0.2) is 56.4 Å². The Morgan fingerprint density at radius 2 is 1.85 bits per heavy atom. The molecule has 1 aliphatic heterocycles. The van der Waals surface area contributed by atoms with Gasteiger partial charge in [-0.3, -0.25) is 14.3 Å². The minimum absolute atomic E-state index is 0.0272. The van der Waals surface area contributed by atoms with Gasteiger partial charge in [0.1, 0.15) is 18.3 Å². The molecule has 0 aromatic carbocycles. The second-order valence-electron chi connectivity index (χ2n) is 6.87. The topological polar surface area (TPSA) is 134 Å². The molecule has 0 saturated carbocycles. The number of H-pyrrole nitrogens is 1. The lowest BCUT2D eigenvalue weighted by Crippen LogP contribution is -2.39. The largest absolute Gasteiger partial charge is 0.394 e. The van der Waals surface area contributed by atoms with Crippen molar-refractivity contribution in [2.24, 2.45) is 0 Å². The monoisotopic (exact) mass is 386 g/mol. The maximum Gasteiger partial charge on any atom is 0.330 e. The number of aromatic amines is 1. The summed E-state index contributed by atoms with van der Waals surface area (Å²) in [5, 5.41) is 29.1. The summed E-state index contributed by atoms with van der Waals surface area (Å²) in [6.45, 7) is 2.21. The van der Waals surface area contributed by atoms with Crippen LogP contribution in [0.25, 0.3) is 0 Å². The third-order valence-corrected chi connectivity index (χ3v) is 4.73. The van der Waals surface area contributed by atoms with Crippen LogP contribution < -0.4 is 11.2 Å². The molecule has 2 heterocycles. The average Bonchev–Trinajstić information content (AvgIpc) is 2.93. The van der Waals surface area contributed by atoms with Gasteiger partial charge in [-0.1, -0.05) is 39.0 Å². The lowest BCUT2D eigenvalue weighted by molar-refractivity contribution is -0.0553. The SMILES string of the molecule is CCCCCCCCOCc1cn([C@@H]2O[C@H](CO)[C@@H](O)[C@H]2O)c(=O)[nH]c1=O. The number of hydrogen-bond donors (Lipinski definition) is 4. The lowest BCUT2D eigenvalue weighted by atomic mass is 10.1. The van der Waals surface area contributed by atoms with Crippen molar-refractivity contribution in [3.8, 4) is 0 Å². The third kappa shape index (κ3) is 5.73. The molecule has 9 nitrogen and oxygen atoms in total. The zero-order chi connectivity index (χ0) is 19.8. The molecule has 1 fully saturated rings. The molecule has 4 N–H and O–H groups in total. The van der Waals surface area contributed by atoms with E-state index in [4.69, 9.17) is 14.6 Å². The average molecular weight is 386 g/mol. The molecule has 1 saturated heterocycles. The van der Waals surface area contributed by atoms with Gasteiger partial charge in [-0.2, -0.15) is 0 Å². The molecular weight excluding hydrogens is 356 g/mol. The fourth-order valence-electron chi connectivity index (χ4n) is 3.10. The van der Waals surface area contributed by atoms with Crippen molar-refractivity contribution in [3.05, 3.63) is 32.6 Å². The Kier molecular flexibility index (Phi) is 8.65. The second-order valence-corrected chi connectivity index (χ2v) is 6.87.